The smallest absolute Gasteiger partial charge is 0.332 e. The molecule has 16 heavy (non-hydrogen) atoms. The Morgan fingerprint density at radius 2 is 2.19 bits per heavy atom. The highest BCUT2D eigenvalue weighted by molar-refractivity contribution is 6.18. The first kappa shape index (κ1) is 10.4. The number of fused-ring (bicyclic) bond motifs is 1. The summed E-state index contributed by atoms with van der Waals surface area (Å²) < 4.78 is 4.63. The van der Waals surface area contributed by atoms with Gasteiger partial charge in [0.1, 0.15) is 0 Å². The topological polar surface area (TPSA) is 43.4 Å². The molecule has 3 nitrogen and oxygen atoms in total. The Morgan fingerprint density at radius 3 is 2.75 bits per heavy atom. The molecule has 1 aliphatic rings. The van der Waals surface area contributed by atoms with Crippen LogP contribution in [0.1, 0.15) is 15.9 Å². The largest absolute Gasteiger partial charge is 0.468 e. The fraction of sp³-hybridized carbons (Fsp3) is 0.231. The van der Waals surface area contributed by atoms with Crippen molar-refractivity contribution in [1.82, 2.24) is 0 Å². The highest BCUT2D eigenvalue weighted by Gasteiger charge is 2.51. The number of hydrogen-bond donors (Lipinski definition) is 0. The molecule has 3 heteroatoms. The van der Waals surface area contributed by atoms with Gasteiger partial charge in [0.25, 0.3) is 0 Å². The zero-order chi connectivity index (χ0) is 11.8. The molecule has 0 heterocycles. The molecule has 1 unspecified atom stereocenters. The number of esters is 1. The molecular weight excluding hydrogens is 204 g/mol. The molecule has 0 bridgehead atoms. The van der Waals surface area contributed by atoms with Gasteiger partial charge in [-0.15, -0.1) is 6.42 Å². The summed E-state index contributed by atoms with van der Waals surface area (Å²) in [6, 6.07) is 7.05. The summed E-state index contributed by atoms with van der Waals surface area (Å²) in [5.41, 5.74) is -0.139. The lowest BCUT2D eigenvalue weighted by molar-refractivity contribution is -0.146. The summed E-state index contributed by atoms with van der Waals surface area (Å²) >= 11 is 0. The average Bonchev–Trinajstić information content (AvgIpc) is 2.63. The molecule has 80 valence electrons. The first-order valence-electron chi connectivity index (χ1n) is 4.84. The van der Waals surface area contributed by atoms with Crippen LogP contribution in [0.15, 0.2) is 24.3 Å². The van der Waals surface area contributed by atoms with E-state index in [-0.39, 0.29) is 12.2 Å². The van der Waals surface area contributed by atoms with Crippen molar-refractivity contribution < 1.29 is 14.3 Å². The normalized spacial score (nSPS) is 22.4. The van der Waals surface area contributed by atoms with Gasteiger partial charge >= 0.3 is 5.97 Å². The second kappa shape index (κ2) is 3.49. The van der Waals surface area contributed by atoms with Crippen LogP contribution in [0.4, 0.5) is 0 Å². The van der Waals surface area contributed by atoms with Crippen molar-refractivity contribution in [1.29, 1.82) is 0 Å². The van der Waals surface area contributed by atoms with Gasteiger partial charge in [-0.3, -0.25) is 4.79 Å². The van der Waals surface area contributed by atoms with Gasteiger partial charge in [0.05, 0.1) is 7.11 Å². The molecule has 0 aliphatic heterocycles. The van der Waals surface area contributed by atoms with E-state index in [2.05, 4.69) is 10.7 Å². The quantitative estimate of drug-likeness (QED) is 0.401. The molecule has 1 aromatic rings. The number of Topliss-reactive ketones (excluding diaryl/α,β-unsaturated/α-hetero) is 1. The minimum atomic E-state index is -1.46. The Balaban J connectivity index is 2.55. The van der Waals surface area contributed by atoms with E-state index in [0.717, 1.165) is 5.56 Å². The van der Waals surface area contributed by atoms with Crippen molar-refractivity contribution in [2.75, 3.05) is 7.11 Å². The Hall–Kier alpha value is -2.08. The third-order valence-electron chi connectivity index (χ3n) is 2.89. The van der Waals surface area contributed by atoms with E-state index in [0.29, 0.717) is 5.56 Å². The number of benzene rings is 1. The molecule has 0 radical (unpaired) electrons. The third kappa shape index (κ3) is 1.17. The van der Waals surface area contributed by atoms with Gasteiger partial charge in [-0.1, -0.05) is 30.2 Å². The Morgan fingerprint density at radius 1 is 1.50 bits per heavy atom. The Bertz CT molecular complexity index is 510. The molecule has 0 saturated carbocycles. The maximum atomic E-state index is 12.1. The molecule has 0 N–H and O–H groups in total. The highest BCUT2D eigenvalue weighted by Crippen LogP contribution is 2.37. The van der Waals surface area contributed by atoms with Crippen LogP contribution < -0.4 is 0 Å². The van der Waals surface area contributed by atoms with E-state index in [4.69, 9.17) is 6.42 Å². The number of hydrogen-bond acceptors (Lipinski definition) is 3. The van der Waals surface area contributed by atoms with Crippen molar-refractivity contribution in [2.45, 2.75) is 6.42 Å². The summed E-state index contributed by atoms with van der Waals surface area (Å²) in [5.74, 6) is 1.31. The molecule has 1 aromatic carbocycles. The average molecular weight is 214 g/mol. The summed E-state index contributed by atoms with van der Waals surface area (Å²) in [6.07, 6.45) is 5.57. The van der Waals surface area contributed by atoms with E-state index >= 15 is 0 Å². The van der Waals surface area contributed by atoms with Crippen LogP contribution in [0, 0.1) is 17.8 Å². The van der Waals surface area contributed by atoms with Crippen molar-refractivity contribution in [3.8, 4) is 12.3 Å². The van der Waals surface area contributed by atoms with Crippen molar-refractivity contribution in [3.05, 3.63) is 35.4 Å². The SMILES string of the molecule is C#CC1(C(=O)OC)Cc2ccccc2C1=O. The van der Waals surface area contributed by atoms with Crippen molar-refractivity contribution in [3.63, 3.8) is 0 Å². The fourth-order valence-corrected chi connectivity index (χ4v) is 2.01. The molecule has 1 atom stereocenters. The first-order valence-corrected chi connectivity index (χ1v) is 4.84. The van der Waals surface area contributed by atoms with E-state index in [1.54, 1.807) is 18.2 Å². The maximum Gasteiger partial charge on any atom is 0.332 e. The fourth-order valence-electron chi connectivity index (χ4n) is 2.01. The maximum absolute atomic E-state index is 12.1. The second-order valence-electron chi connectivity index (χ2n) is 3.70. The second-order valence-corrected chi connectivity index (χ2v) is 3.70. The van der Waals surface area contributed by atoms with Gasteiger partial charge in [-0.2, -0.15) is 0 Å². The van der Waals surface area contributed by atoms with Gasteiger partial charge in [0.15, 0.2) is 11.2 Å². The lowest BCUT2D eigenvalue weighted by Crippen LogP contribution is -2.36. The monoisotopic (exact) mass is 214 g/mol. The number of ether oxygens (including phenoxy) is 1. The van der Waals surface area contributed by atoms with Crippen LogP contribution in [0.5, 0.6) is 0 Å². The van der Waals surface area contributed by atoms with Gasteiger partial charge in [-0.05, 0) is 5.56 Å². The molecular formula is C13H10O3. The minimum Gasteiger partial charge on any atom is -0.468 e. The Labute approximate surface area is 93.4 Å². The molecule has 1 aliphatic carbocycles. The van der Waals surface area contributed by atoms with Crippen LogP contribution in [0.25, 0.3) is 0 Å². The molecule has 2 rings (SSSR count). The number of terminal acetylenes is 1. The standard InChI is InChI=1S/C13H10O3/c1-3-13(12(15)16-2)8-9-6-4-5-7-10(9)11(13)14/h1,4-7H,8H2,2H3. The summed E-state index contributed by atoms with van der Waals surface area (Å²) in [6.45, 7) is 0. The van der Waals surface area contributed by atoms with Gasteiger partial charge in [0.2, 0.25) is 0 Å². The van der Waals surface area contributed by atoms with E-state index in [1.807, 2.05) is 6.07 Å². The van der Waals surface area contributed by atoms with Gasteiger partial charge in [0, 0.05) is 12.0 Å². The number of methoxy groups -OCH3 is 1. The number of ketones is 1. The molecule has 0 saturated heterocycles. The van der Waals surface area contributed by atoms with Crippen LogP contribution >= 0.6 is 0 Å². The van der Waals surface area contributed by atoms with Gasteiger partial charge in [-0.25, -0.2) is 4.79 Å². The minimum absolute atomic E-state index is 0.227. The Kier molecular flexibility index (Phi) is 2.28. The molecule has 0 amide bonds. The molecule has 0 fully saturated rings. The zero-order valence-electron chi connectivity index (χ0n) is 8.82. The van der Waals surface area contributed by atoms with E-state index in [9.17, 15) is 9.59 Å². The van der Waals surface area contributed by atoms with Crippen LogP contribution in [0.2, 0.25) is 0 Å². The number of rotatable bonds is 1. The summed E-state index contributed by atoms with van der Waals surface area (Å²) in [4.78, 5) is 23.8. The number of carbonyl (C=O) groups excluding carboxylic acids is 2. The molecule has 0 spiro atoms. The zero-order valence-corrected chi connectivity index (χ0v) is 8.82. The molecule has 0 aromatic heterocycles. The predicted molar refractivity (Wildman–Crippen MR) is 57.8 cm³/mol. The van der Waals surface area contributed by atoms with E-state index < -0.39 is 11.4 Å². The van der Waals surface area contributed by atoms with Crippen molar-refractivity contribution >= 4 is 11.8 Å². The van der Waals surface area contributed by atoms with E-state index in [1.165, 1.54) is 7.11 Å². The lowest BCUT2D eigenvalue weighted by Gasteiger charge is -2.16. The first-order chi connectivity index (χ1) is 7.65. The van der Waals surface area contributed by atoms with Gasteiger partial charge < -0.3 is 4.74 Å². The van der Waals surface area contributed by atoms with Crippen LogP contribution in [-0.2, 0) is 16.0 Å². The van der Waals surface area contributed by atoms with Crippen LogP contribution in [0.3, 0.4) is 0 Å². The third-order valence-corrected chi connectivity index (χ3v) is 2.89. The summed E-state index contributed by atoms with van der Waals surface area (Å²) in [5, 5.41) is 0. The number of carbonyl (C=O) groups is 2. The predicted octanol–water partition coefficient (Wildman–Crippen LogP) is 1.22. The van der Waals surface area contributed by atoms with Crippen LogP contribution in [-0.4, -0.2) is 18.9 Å². The summed E-state index contributed by atoms with van der Waals surface area (Å²) in [7, 11) is 1.23. The highest BCUT2D eigenvalue weighted by atomic mass is 16.5. The van der Waals surface area contributed by atoms with Crippen molar-refractivity contribution in [2.24, 2.45) is 5.41 Å². The lowest BCUT2D eigenvalue weighted by atomic mass is 9.85.